The number of likely N-dealkylation sites (N-methyl/N-ethyl adjacent to an activating group) is 1. The molecular weight excluding hydrogens is 414 g/mol. The zero-order valence-corrected chi connectivity index (χ0v) is 19.5. The maximum Gasteiger partial charge on any atom is 0.243 e. The third kappa shape index (κ3) is 4.89. The molecule has 4 rings (SSSR count). The van der Waals surface area contributed by atoms with E-state index in [2.05, 4.69) is 22.0 Å². The average molecular weight is 450 g/mol. The van der Waals surface area contributed by atoms with Crippen molar-refractivity contribution in [3.63, 3.8) is 0 Å². The summed E-state index contributed by atoms with van der Waals surface area (Å²) in [6.07, 6.45) is 2.22. The molecule has 1 unspecified atom stereocenters. The van der Waals surface area contributed by atoms with Crippen LogP contribution in [0.1, 0.15) is 25.3 Å². The number of piperazine rings is 1. The predicted molar refractivity (Wildman–Crippen MR) is 122 cm³/mol. The van der Waals surface area contributed by atoms with Crippen molar-refractivity contribution in [2.24, 2.45) is 10.4 Å². The second-order valence-electron chi connectivity index (χ2n) is 8.96. The van der Waals surface area contributed by atoms with Crippen molar-refractivity contribution in [2.45, 2.75) is 31.2 Å². The summed E-state index contributed by atoms with van der Waals surface area (Å²) in [4.78, 5) is 9.68. The molecule has 9 heteroatoms. The van der Waals surface area contributed by atoms with Gasteiger partial charge in [-0.1, -0.05) is 18.2 Å². The number of sulfonamides is 1. The SMILES string of the molecule is CCNC(=NCc1ccccc1S(=O)(=O)N1CCN(C)CC1)N1CCC2(CCOC2)C1. The number of hydrogen-bond donors (Lipinski definition) is 1. The highest BCUT2D eigenvalue weighted by atomic mass is 32.2. The van der Waals surface area contributed by atoms with E-state index >= 15 is 0 Å². The van der Waals surface area contributed by atoms with Crippen LogP contribution in [0.5, 0.6) is 0 Å². The Hall–Kier alpha value is -1.68. The highest BCUT2D eigenvalue weighted by Gasteiger charge is 2.42. The van der Waals surface area contributed by atoms with E-state index < -0.39 is 10.0 Å². The summed E-state index contributed by atoms with van der Waals surface area (Å²) in [6.45, 7) is 9.31. The van der Waals surface area contributed by atoms with Crippen LogP contribution < -0.4 is 5.32 Å². The Bertz CT molecular complexity index is 890. The molecule has 1 aromatic rings. The van der Waals surface area contributed by atoms with E-state index in [4.69, 9.17) is 9.73 Å². The Morgan fingerprint density at radius 3 is 2.65 bits per heavy atom. The van der Waals surface area contributed by atoms with Gasteiger partial charge in [-0.3, -0.25) is 0 Å². The number of benzene rings is 1. The zero-order chi connectivity index (χ0) is 21.9. The quantitative estimate of drug-likeness (QED) is 0.538. The Morgan fingerprint density at radius 2 is 1.94 bits per heavy atom. The fourth-order valence-electron chi connectivity index (χ4n) is 4.73. The lowest BCUT2D eigenvalue weighted by atomic mass is 9.87. The van der Waals surface area contributed by atoms with Crippen molar-refractivity contribution in [1.29, 1.82) is 0 Å². The van der Waals surface area contributed by atoms with Crippen molar-refractivity contribution < 1.29 is 13.2 Å². The maximum absolute atomic E-state index is 13.3. The first-order valence-electron chi connectivity index (χ1n) is 11.3. The van der Waals surface area contributed by atoms with E-state index in [0.717, 1.165) is 70.3 Å². The zero-order valence-electron chi connectivity index (χ0n) is 18.7. The first-order valence-corrected chi connectivity index (χ1v) is 12.8. The average Bonchev–Trinajstić information content (AvgIpc) is 3.41. The van der Waals surface area contributed by atoms with Crippen LogP contribution in [0.15, 0.2) is 34.2 Å². The number of nitrogens with one attached hydrogen (secondary N) is 1. The highest BCUT2D eigenvalue weighted by molar-refractivity contribution is 7.89. The van der Waals surface area contributed by atoms with E-state index in [1.165, 1.54) is 0 Å². The summed E-state index contributed by atoms with van der Waals surface area (Å²) in [5.41, 5.74) is 0.994. The van der Waals surface area contributed by atoms with Gasteiger partial charge in [0.15, 0.2) is 5.96 Å². The number of ether oxygens (including phenoxy) is 1. The van der Waals surface area contributed by atoms with Gasteiger partial charge in [-0.15, -0.1) is 0 Å². The van der Waals surface area contributed by atoms with Gasteiger partial charge in [0.05, 0.1) is 18.0 Å². The molecule has 3 aliphatic rings. The van der Waals surface area contributed by atoms with Crippen LogP contribution in [-0.2, 0) is 21.3 Å². The number of hydrogen-bond acceptors (Lipinski definition) is 5. The minimum absolute atomic E-state index is 0.249. The minimum Gasteiger partial charge on any atom is -0.381 e. The molecule has 3 fully saturated rings. The molecular formula is C22H35N5O3S. The Labute approximate surface area is 186 Å². The summed E-state index contributed by atoms with van der Waals surface area (Å²) >= 11 is 0. The van der Waals surface area contributed by atoms with E-state index in [1.807, 2.05) is 19.2 Å². The largest absolute Gasteiger partial charge is 0.381 e. The van der Waals surface area contributed by atoms with Crippen molar-refractivity contribution in [2.75, 3.05) is 66.1 Å². The molecule has 0 radical (unpaired) electrons. The van der Waals surface area contributed by atoms with Crippen LogP contribution in [-0.4, -0.2) is 94.6 Å². The fraction of sp³-hybridized carbons (Fsp3) is 0.682. The number of aliphatic imine (C=N–C) groups is 1. The topological polar surface area (TPSA) is 77.5 Å². The summed E-state index contributed by atoms with van der Waals surface area (Å²) < 4.78 is 33.9. The van der Waals surface area contributed by atoms with E-state index in [0.29, 0.717) is 24.5 Å². The van der Waals surface area contributed by atoms with Gasteiger partial charge in [-0.25, -0.2) is 13.4 Å². The third-order valence-corrected chi connectivity index (χ3v) is 8.71. The molecule has 1 aromatic carbocycles. The molecule has 0 aromatic heterocycles. The van der Waals surface area contributed by atoms with E-state index in [9.17, 15) is 8.42 Å². The van der Waals surface area contributed by atoms with Crippen LogP contribution >= 0.6 is 0 Å². The van der Waals surface area contributed by atoms with Gasteiger partial charge in [-0.05, 0) is 38.4 Å². The van der Waals surface area contributed by atoms with Crippen LogP contribution in [0.25, 0.3) is 0 Å². The Balaban J connectivity index is 1.52. The molecule has 0 bridgehead atoms. The molecule has 1 N–H and O–H groups in total. The second kappa shape index (κ2) is 9.44. The summed E-state index contributed by atoms with van der Waals surface area (Å²) in [6, 6.07) is 7.28. The van der Waals surface area contributed by atoms with Gasteiger partial charge >= 0.3 is 0 Å². The normalized spacial score (nSPS) is 26.1. The van der Waals surface area contributed by atoms with Gasteiger partial charge < -0.3 is 19.9 Å². The standard InChI is InChI=1S/C22H35N5O3S/c1-3-23-21(26-10-8-22(17-26)9-15-30-18-22)24-16-19-6-4-5-7-20(19)31(28,29)27-13-11-25(2)12-14-27/h4-7H,3,8-18H2,1-2H3,(H,23,24). The molecule has 3 aliphatic heterocycles. The van der Waals surface area contributed by atoms with Gasteiger partial charge in [0, 0.05) is 57.8 Å². The summed E-state index contributed by atoms with van der Waals surface area (Å²) in [5, 5.41) is 3.40. The van der Waals surface area contributed by atoms with Crippen molar-refractivity contribution in [3.05, 3.63) is 29.8 Å². The number of nitrogens with zero attached hydrogens (tertiary/aromatic N) is 4. The number of rotatable bonds is 5. The number of likely N-dealkylation sites (tertiary alicyclic amines) is 1. The van der Waals surface area contributed by atoms with Crippen molar-refractivity contribution in [3.8, 4) is 0 Å². The molecule has 1 atom stereocenters. The molecule has 0 amide bonds. The van der Waals surface area contributed by atoms with Gasteiger partial charge in [-0.2, -0.15) is 4.31 Å². The molecule has 3 saturated heterocycles. The number of guanidine groups is 1. The molecule has 3 heterocycles. The Morgan fingerprint density at radius 1 is 1.16 bits per heavy atom. The van der Waals surface area contributed by atoms with Gasteiger partial charge in [0.1, 0.15) is 0 Å². The molecule has 0 aliphatic carbocycles. The van der Waals surface area contributed by atoms with E-state index in [1.54, 1.807) is 16.4 Å². The lowest BCUT2D eigenvalue weighted by Crippen LogP contribution is -2.47. The smallest absolute Gasteiger partial charge is 0.243 e. The monoisotopic (exact) mass is 449 g/mol. The highest BCUT2D eigenvalue weighted by Crippen LogP contribution is 2.38. The van der Waals surface area contributed by atoms with Crippen LogP contribution in [0, 0.1) is 5.41 Å². The molecule has 1 spiro atoms. The summed E-state index contributed by atoms with van der Waals surface area (Å²) in [7, 11) is -1.50. The molecule has 8 nitrogen and oxygen atoms in total. The van der Waals surface area contributed by atoms with Crippen molar-refractivity contribution in [1.82, 2.24) is 19.4 Å². The van der Waals surface area contributed by atoms with Crippen molar-refractivity contribution >= 4 is 16.0 Å². The molecule has 0 saturated carbocycles. The third-order valence-electron chi connectivity index (χ3n) is 6.71. The summed E-state index contributed by atoms with van der Waals surface area (Å²) in [5.74, 6) is 0.859. The second-order valence-corrected chi connectivity index (χ2v) is 10.9. The van der Waals surface area contributed by atoms with E-state index in [-0.39, 0.29) is 5.41 Å². The molecule has 172 valence electrons. The van der Waals surface area contributed by atoms with Crippen LogP contribution in [0.2, 0.25) is 0 Å². The van der Waals surface area contributed by atoms with Crippen LogP contribution in [0.3, 0.4) is 0 Å². The first kappa shape index (κ1) is 22.5. The fourth-order valence-corrected chi connectivity index (χ4v) is 6.36. The van der Waals surface area contributed by atoms with Crippen LogP contribution in [0.4, 0.5) is 0 Å². The lowest BCUT2D eigenvalue weighted by molar-refractivity contribution is 0.156. The van der Waals surface area contributed by atoms with Gasteiger partial charge in [0.2, 0.25) is 10.0 Å². The predicted octanol–water partition coefficient (Wildman–Crippen LogP) is 1.20. The first-order chi connectivity index (χ1) is 14.9. The van der Waals surface area contributed by atoms with Gasteiger partial charge in [0.25, 0.3) is 0 Å². The maximum atomic E-state index is 13.3. The lowest BCUT2D eigenvalue weighted by Gasteiger charge is -2.32. The minimum atomic E-state index is -3.53. The molecule has 31 heavy (non-hydrogen) atoms. The Kier molecular flexibility index (Phi) is 6.86.